The Balaban J connectivity index is 2.32. The lowest BCUT2D eigenvalue weighted by molar-refractivity contribution is 0.607. The van der Waals surface area contributed by atoms with Gasteiger partial charge in [-0.3, -0.25) is 9.36 Å². The molecule has 0 saturated heterocycles. The first-order valence-electron chi connectivity index (χ1n) is 4.13. The fourth-order valence-corrected chi connectivity index (χ4v) is 1.46. The van der Waals surface area contributed by atoms with Crippen LogP contribution in [-0.2, 0) is 6.54 Å². The molecule has 1 saturated carbocycles. The van der Waals surface area contributed by atoms with Gasteiger partial charge >= 0.3 is 0 Å². The first-order valence-corrected chi connectivity index (χ1v) is 4.50. The van der Waals surface area contributed by atoms with Crippen molar-refractivity contribution < 1.29 is 0 Å². The molecular formula is C9H10ClNO. The molecule has 1 heterocycles. The molecule has 0 atom stereocenters. The molecule has 2 rings (SSSR count). The van der Waals surface area contributed by atoms with Crippen molar-refractivity contribution in [1.82, 2.24) is 4.57 Å². The lowest BCUT2D eigenvalue weighted by atomic mass is 10.4. The van der Waals surface area contributed by atoms with Gasteiger partial charge in [0, 0.05) is 12.6 Å². The second-order valence-corrected chi connectivity index (χ2v) is 3.63. The Morgan fingerprint density at radius 3 is 2.83 bits per heavy atom. The van der Waals surface area contributed by atoms with Gasteiger partial charge in [-0.15, -0.1) is 0 Å². The van der Waals surface area contributed by atoms with E-state index >= 15 is 0 Å². The highest BCUT2D eigenvalue weighted by molar-refractivity contribution is 6.29. The Morgan fingerprint density at radius 1 is 1.50 bits per heavy atom. The zero-order valence-corrected chi connectivity index (χ0v) is 7.42. The maximum Gasteiger partial charge on any atom is 0.251 e. The summed E-state index contributed by atoms with van der Waals surface area (Å²) in [7, 11) is 0. The molecule has 1 aliphatic carbocycles. The van der Waals surface area contributed by atoms with E-state index in [2.05, 4.69) is 0 Å². The minimum Gasteiger partial charge on any atom is -0.299 e. The van der Waals surface area contributed by atoms with E-state index in [0.29, 0.717) is 11.1 Å². The summed E-state index contributed by atoms with van der Waals surface area (Å²) in [5, 5.41) is 0.550. The fraction of sp³-hybridized carbons (Fsp3) is 0.444. The third-order valence-corrected chi connectivity index (χ3v) is 2.46. The third kappa shape index (κ3) is 1.53. The second-order valence-electron chi connectivity index (χ2n) is 3.24. The summed E-state index contributed by atoms with van der Waals surface area (Å²) in [5.74, 6) is 0.683. The molecule has 0 spiro atoms. The predicted molar refractivity (Wildman–Crippen MR) is 48.4 cm³/mol. The van der Waals surface area contributed by atoms with Crippen LogP contribution in [0.3, 0.4) is 0 Å². The minimum absolute atomic E-state index is 0.00870. The van der Waals surface area contributed by atoms with Gasteiger partial charge in [0.2, 0.25) is 0 Å². The van der Waals surface area contributed by atoms with Gasteiger partial charge in [-0.1, -0.05) is 17.7 Å². The van der Waals surface area contributed by atoms with Crippen molar-refractivity contribution >= 4 is 11.6 Å². The molecule has 1 aromatic rings. The standard InChI is InChI=1S/C9H10ClNO/c10-8-2-1-3-9(12)11(8)6-7-4-5-7/h1-3,7H,4-6H2. The lowest BCUT2D eigenvalue weighted by Crippen LogP contribution is -2.20. The average Bonchev–Trinajstić information content (AvgIpc) is 2.80. The van der Waals surface area contributed by atoms with Crippen LogP contribution in [0.5, 0.6) is 0 Å². The molecule has 0 bridgehead atoms. The number of hydrogen-bond donors (Lipinski definition) is 0. The maximum absolute atomic E-state index is 11.3. The van der Waals surface area contributed by atoms with E-state index < -0.39 is 0 Å². The first-order chi connectivity index (χ1) is 5.77. The topological polar surface area (TPSA) is 22.0 Å². The quantitative estimate of drug-likeness (QED) is 0.642. The van der Waals surface area contributed by atoms with Crippen LogP contribution >= 0.6 is 11.6 Å². The predicted octanol–water partition coefficient (Wildman–Crippen LogP) is 1.91. The first kappa shape index (κ1) is 7.87. The van der Waals surface area contributed by atoms with Crippen molar-refractivity contribution in [3.8, 4) is 0 Å². The van der Waals surface area contributed by atoms with Crippen LogP contribution in [-0.4, -0.2) is 4.57 Å². The summed E-state index contributed by atoms with van der Waals surface area (Å²) in [6, 6.07) is 4.99. The Morgan fingerprint density at radius 2 is 2.25 bits per heavy atom. The van der Waals surface area contributed by atoms with E-state index in [4.69, 9.17) is 11.6 Å². The Bertz CT molecular complexity index is 341. The molecule has 1 aromatic heterocycles. The summed E-state index contributed by atoms with van der Waals surface area (Å²) >= 11 is 5.86. The molecule has 64 valence electrons. The van der Waals surface area contributed by atoms with E-state index in [0.717, 1.165) is 6.54 Å². The highest BCUT2D eigenvalue weighted by atomic mass is 35.5. The Kier molecular flexibility index (Phi) is 1.93. The van der Waals surface area contributed by atoms with Crippen molar-refractivity contribution in [2.75, 3.05) is 0 Å². The van der Waals surface area contributed by atoms with Crippen molar-refractivity contribution in [3.05, 3.63) is 33.7 Å². The van der Waals surface area contributed by atoms with E-state index in [9.17, 15) is 4.79 Å². The monoisotopic (exact) mass is 183 g/mol. The van der Waals surface area contributed by atoms with Crippen molar-refractivity contribution in [2.45, 2.75) is 19.4 Å². The number of rotatable bonds is 2. The molecule has 0 radical (unpaired) electrons. The molecule has 0 aromatic carbocycles. The maximum atomic E-state index is 11.3. The summed E-state index contributed by atoms with van der Waals surface area (Å²) in [4.78, 5) is 11.3. The van der Waals surface area contributed by atoms with Crippen LogP contribution in [0, 0.1) is 5.92 Å². The van der Waals surface area contributed by atoms with E-state index in [1.54, 1.807) is 22.8 Å². The molecule has 1 aliphatic rings. The van der Waals surface area contributed by atoms with Gasteiger partial charge < -0.3 is 0 Å². The van der Waals surface area contributed by atoms with Gasteiger partial charge in [0.15, 0.2) is 0 Å². The smallest absolute Gasteiger partial charge is 0.251 e. The highest BCUT2D eigenvalue weighted by Crippen LogP contribution is 2.30. The molecule has 0 N–H and O–H groups in total. The lowest BCUT2D eigenvalue weighted by Gasteiger charge is -2.05. The normalized spacial score (nSPS) is 16.4. The van der Waals surface area contributed by atoms with Crippen molar-refractivity contribution in [3.63, 3.8) is 0 Å². The molecule has 3 heteroatoms. The van der Waals surface area contributed by atoms with Crippen molar-refractivity contribution in [1.29, 1.82) is 0 Å². The molecule has 1 fully saturated rings. The number of hydrogen-bond acceptors (Lipinski definition) is 1. The van der Waals surface area contributed by atoms with Crippen LogP contribution in [0.2, 0.25) is 5.15 Å². The summed E-state index contributed by atoms with van der Waals surface area (Å²) < 4.78 is 1.64. The number of halogens is 1. The van der Waals surface area contributed by atoms with Crippen LogP contribution in [0.15, 0.2) is 23.0 Å². The van der Waals surface area contributed by atoms with Crippen LogP contribution in [0.1, 0.15) is 12.8 Å². The molecule has 0 unspecified atom stereocenters. The Hall–Kier alpha value is -0.760. The number of nitrogens with zero attached hydrogens (tertiary/aromatic N) is 1. The van der Waals surface area contributed by atoms with Gasteiger partial charge in [-0.25, -0.2) is 0 Å². The number of pyridine rings is 1. The average molecular weight is 184 g/mol. The van der Waals surface area contributed by atoms with Crippen LogP contribution < -0.4 is 5.56 Å². The van der Waals surface area contributed by atoms with Crippen LogP contribution in [0.4, 0.5) is 0 Å². The summed E-state index contributed by atoms with van der Waals surface area (Å²) in [5.41, 5.74) is 0.00870. The molecule has 12 heavy (non-hydrogen) atoms. The molecule has 2 nitrogen and oxygen atoms in total. The van der Waals surface area contributed by atoms with E-state index in [1.165, 1.54) is 12.8 Å². The SMILES string of the molecule is O=c1cccc(Cl)n1CC1CC1. The third-order valence-electron chi connectivity index (χ3n) is 2.13. The van der Waals surface area contributed by atoms with Gasteiger partial charge in [0.05, 0.1) is 0 Å². The van der Waals surface area contributed by atoms with Crippen molar-refractivity contribution in [2.24, 2.45) is 5.92 Å². The second kappa shape index (κ2) is 2.94. The van der Waals surface area contributed by atoms with Gasteiger partial charge in [-0.05, 0) is 24.8 Å². The molecule has 0 aliphatic heterocycles. The summed E-state index contributed by atoms with van der Waals surface area (Å²) in [6.45, 7) is 0.790. The fourth-order valence-electron chi connectivity index (χ4n) is 1.23. The zero-order chi connectivity index (χ0) is 8.55. The van der Waals surface area contributed by atoms with Crippen LogP contribution in [0.25, 0.3) is 0 Å². The van der Waals surface area contributed by atoms with Gasteiger partial charge in [0.1, 0.15) is 5.15 Å². The number of aromatic nitrogens is 1. The Labute approximate surface area is 75.8 Å². The molecule has 0 amide bonds. The largest absolute Gasteiger partial charge is 0.299 e. The summed E-state index contributed by atoms with van der Waals surface area (Å²) in [6.07, 6.45) is 2.47. The van der Waals surface area contributed by atoms with Gasteiger partial charge in [0.25, 0.3) is 5.56 Å². The zero-order valence-electron chi connectivity index (χ0n) is 6.66. The van der Waals surface area contributed by atoms with E-state index in [-0.39, 0.29) is 5.56 Å². The van der Waals surface area contributed by atoms with Gasteiger partial charge in [-0.2, -0.15) is 0 Å². The van der Waals surface area contributed by atoms with E-state index in [1.807, 2.05) is 0 Å². The highest BCUT2D eigenvalue weighted by Gasteiger charge is 2.22. The minimum atomic E-state index is 0.00870. The molecular weight excluding hydrogens is 174 g/mol.